The highest BCUT2D eigenvalue weighted by Crippen LogP contribution is 2.21. The number of rotatable bonds is 3. The number of hydrogen-bond acceptors (Lipinski definition) is 2. The van der Waals surface area contributed by atoms with Crippen LogP contribution in [0.5, 0.6) is 0 Å². The minimum Gasteiger partial charge on any atom is -0.320 e. The van der Waals surface area contributed by atoms with Gasteiger partial charge in [-0.3, -0.25) is 4.21 Å². The van der Waals surface area contributed by atoms with Gasteiger partial charge in [0.1, 0.15) is 0 Å². The second-order valence-corrected chi connectivity index (χ2v) is 9.88. The largest absolute Gasteiger partial charge is 0.322 e. The summed E-state index contributed by atoms with van der Waals surface area (Å²) in [5.41, 5.74) is 4.25. The average molecular weight is 371 g/mol. The minimum absolute atomic E-state index is 0.0893. The van der Waals surface area contributed by atoms with Crippen LogP contribution in [0.1, 0.15) is 37.5 Å². The Kier molecular flexibility index (Phi) is 5.47. The van der Waals surface area contributed by atoms with Gasteiger partial charge in [-0.2, -0.15) is 0 Å². The van der Waals surface area contributed by atoms with Gasteiger partial charge in [0.15, 0.2) is 0 Å². The summed E-state index contributed by atoms with van der Waals surface area (Å²) < 4.78 is 12.1. The van der Waals surface area contributed by atoms with Crippen LogP contribution < -0.4 is 5.32 Å². The molecule has 1 aliphatic rings. The summed E-state index contributed by atoms with van der Waals surface area (Å²) in [6, 6.07) is 15.8. The highest BCUT2D eigenvalue weighted by atomic mass is 32.2. The van der Waals surface area contributed by atoms with Crippen LogP contribution in [0.3, 0.4) is 0 Å². The molecule has 1 aliphatic heterocycles. The number of benzene rings is 2. The Bertz CT molecular complexity index is 827. The predicted molar refractivity (Wildman–Crippen MR) is 108 cm³/mol. The Morgan fingerprint density at radius 2 is 1.85 bits per heavy atom. The first kappa shape index (κ1) is 18.6. The molecule has 0 bridgehead atoms. The molecule has 1 heterocycles. The van der Waals surface area contributed by atoms with Crippen LogP contribution in [0.25, 0.3) is 0 Å². The Hall–Kier alpha value is -2.14. The summed E-state index contributed by atoms with van der Waals surface area (Å²) in [4.78, 5) is 14.5. The summed E-state index contributed by atoms with van der Waals surface area (Å²) in [5.74, 6) is 0.490. The van der Waals surface area contributed by atoms with Crippen molar-refractivity contribution in [2.45, 2.75) is 44.2 Å². The van der Waals surface area contributed by atoms with Gasteiger partial charge in [-0.15, -0.1) is 0 Å². The third-order valence-electron chi connectivity index (χ3n) is 4.58. The molecular formula is C21H26N2O2S. The molecule has 0 saturated heterocycles. The van der Waals surface area contributed by atoms with Crippen LogP contribution in [0.15, 0.2) is 48.5 Å². The Morgan fingerprint density at radius 3 is 2.58 bits per heavy atom. The van der Waals surface area contributed by atoms with Gasteiger partial charge in [0.2, 0.25) is 0 Å². The number of amides is 2. The molecule has 0 aromatic heterocycles. The lowest BCUT2D eigenvalue weighted by molar-refractivity contribution is 0.206. The molecule has 0 unspecified atom stereocenters. The molecule has 1 N–H and O–H groups in total. The van der Waals surface area contributed by atoms with Crippen LogP contribution in [0.4, 0.5) is 10.5 Å². The lowest BCUT2D eigenvalue weighted by Gasteiger charge is -2.29. The smallest absolute Gasteiger partial charge is 0.320 e. The Labute approximate surface area is 158 Å². The maximum Gasteiger partial charge on any atom is 0.322 e. The minimum atomic E-state index is -0.962. The van der Waals surface area contributed by atoms with E-state index in [0.29, 0.717) is 12.3 Å². The highest BCUT2D eigenvalue weighted by Gasteiger charge is 2.21. The van der Waals surface area contributed by atoms with E-state index in [2.05, 4.69) is 17.4 Å². The van der Waals surface area contributed by atoms with Gasteiger partial charge in [0.05, 0.1) is 0 Å². The summed E-state index contributed by atoms with van der Waals surface area (Å²) in [6.45, 7) is 7.28. The zero-order valence-corrected chi connectivity index (χ0v) is 16.4. The van der Waals surface area contributed by atoms with Crippen molar-refractivity contribution in [3.8, 4) is 0 Å². The van der Waals surface area contributed by atoms with Crippen LogP contribution in [-0.2, 0) is 29.5 Å². The second kappa shape index (κ2) is 7.62. The second-order valence-electron chi connectivity index (χ2n) is 7.67. The number of nitrogens with zero attached hydrogens (tertiary/aromatic N) is 1. The third-order valence-corrected chi connectivity index (χ3v) is 6.54. The molecule has 0 aliphatic carbocycles. The first-order chi connectivity index (χ1) is 12.3. The van der Waals surface area contributed by atoms with Gasteiger partial charge in [0, 0.05) is 40.1 Å². The van der Waals surface area contributed by atoms with Gasteiger partial charge in [-0.1, -0.05) is 36.4 Å². The van der Waals surface area contributed by atoms with Crippen LogP contribution in [0, 0.1) is 0 Å². The zero-order valence-electron chi connectivity index (χ0n) is 15.6. The number of anilines is 1. The molecular weight excluding hydrogens is 344 g/mol. The van der Waals surface area contributed by atoms with Gasteiger partial charge < -0.3 is 10.2 Å². The highest BCUT2D eigenvalue weighted by molar-refractivity contribution is 7.85. The molecule has 0 spiro atoms. The van der Waals surface area contributed by atoms with E-state index in [4.69, 9.17) is 0 Å². The fraction of sp³-hybridized carbons (Fsp3) is 0.381. The van der Waals surface area contributed by atoms with E-state index in [1.165, 1.54) is 11.1 Å². The van der Waals surface area contributed by atoms with E-state index < -0.39 is 10.8 Å². The van der Waals surface area contributed by atoms with Crippen molar-refractivity contribution in [2.75, 3.05) is 11.9 Å². The monoisotopic (exact) mass is 370 g/mol. The number of fused-ring (bicyclic) bond motifs is 1. The van der Waals surface area contributed by atoms with Gasteiger partial charge in [-0.05, 0) is 56.0 Å². The van der Waals surface area contributed by atoms with Crippen LogP contribution in [-0.4, -0.2) is 26.4 Å². The van der Waals surface area contributed by atoms with Crippen molar-refractivity contribution in [2.24, 2.45) is 0 Å². The molecule has 1 atom stereocenters. The van der Waals surface area contributed by atoms with Crippen molar-refractivity contribution >= 4 is 22.5 Å². The standard InChI is InChI=1S/C21H26N2O2S/c1-21(2,3)26(25)15-16-7-6-10-19(13-16)22-20(24)23-12-11-17-8-4-5-9-18(17)14-23/h4-10,13H,11-12,14-15H2,1-3H3,(H,22,24)/t26-/m1/s1. The van der Waals surface area contributed by atoms with Crippen molar-refractivity contribution in [1.29, 1.82) is 0 Å². The van der Waals surface area contributed by atoms with E-state index in [-0.39, 0.29) is 10.8 Å². The molecule has 0 fully saturated rings. The number of nitrogens with one attached hydrogen (secondary N) is 1. The zero-order chi connectivity index (χ0) is 18.7. The molecule has 2 aromatic carbocycles. The molecule has 2 amide bonds. The molecule has 0 radical (unpaired) electrons. The first-order valence-electron chi connectivity index (χ1n) is 8.93. The van der Waals surface area contributed by atoms with E-state index in [1.807, 2.05) is 62.1 Å². The van der Waals surface area contributed by atoms with Gasteiger partial charge >= 0.3 is 6.03 Å². The molecule has 138 valence electrons. The summed E-state index contributed by atoms with van der Waals surface area (Å²) in [7, 11) is -0.962. The quantitative estimate of drug-likeness (QED) is 0.874. The first-order valence-corrected chi connectivity index (χ1v) is 10.2. The van der Waals surface area contributed by atoms with Crippen molar-refractivity contribution in [1.82, 2.24) is 4.90 Å². The van der Waals surface area contributed by atoms with Crippen molar-refractivity contribution in [3.05, 3.63) is 65.2 Å². The number of hydrogen-bond donors (Lipinski definition) is 1. The van der Waals surface area contributed by atoms with E-state index >= 15 is 0 Å². The maximum absolute atomic E-state index is 12.6. The number of carbonyl (C=O) groups is 1. The fourth-order valence-corrected chi connectivity index (χ4v) is 3.89. The van der Waals surface area contributed by atoms with Crippen molar-refractivity contribution < 1.29 is 9.00 Å². The van der Waals surface area contributed by atoms with Crippen LogP contribution >= 0.6 is 0 Å². The summed E-state index contributed by atoms with van der Waals surface area (Å²) in [5, 5.41) is 2.98. The van der Waals surface area contributed by atoms with Gasteiger partial charge in [-0.25, -0.2) is 4.79 Å². The van der Waals surface area contributed by atoms with Crippen LogP contribution in [0.2, 0.25) is 0 Å². The lowest BCUT2D eigenvalue weighted by Crippen LogP contribution is -2.38. The van der Waals surface area contributed by atoms with E-state index in [1.54, 1.807) is 0 Å². The summed E-state index contributed by atoms with van der Waals surface area (Å²) in [6.07, 6.45) is 0.883. The lowest BCUT2D eigenvalue weighted by atomic mass is 10.0. The molecule has 4 nitrogen and oxygen atoms in total. The SMILES string of the molecule is CC(C)(C)[S@](=O)Cc1cccc(NC(=O)N2CCc3ccccc3C2)c1. The molecule has 5 heteroatoms. The Balaban J connectivity index is 1.65. The number of urea groups is 1. The van der Waals surface area contributed by atoms with E-state index in [9.17, 15) is 9.00 Å². The molecule has 26 heavy (non-hydrogen) atoms. The fourth-order valence-electron chi connectivity index (χ4n) is 2.98. The predicted octanol–water partition coefficient (Wildman–Crippen LogP) is 4.32. The molecule has 2 aromatic rings. The Morgan fingerprint density at radius 1 is 1.12 bits per heavy atom. The van der Waals surface area contributed by atoms with Crippen molar-refractivity contribution in [3.63, 3.8) is 0 Å². The normalized spacial score (nSPS) is 15.3. The van der Waals surface area contributed by atoms with Gasteiger partial charge in [0.25, 0.3) is 0 Å². The third kappa shape index (κ3) is 4.52. The average Bonchev–Trinajstić information content (AvgIpc) is 2.60. The topological polar surface area (TPSA) is 49.4 Å². The maximum atomic E-state index is 12.6. The molecule has 0 saturated carbocycles. The summed E-state index contributed by atoms with van der Waals surface area (Å²) >= 11 is 0. The van der Waals surface area contributed by atoms with E-state index in [0.717, 1.165) is 24.2 Å². The molecule has 3 rings (SSSR count). The number of carbonyl (C=O) groups excluding carboxylic acids is 1.